The zero-order valence-corrected chi connectivity index (χ0v) is 18.1. The summed E-state index contributed by atoms with van der Waals surface area (Å²) in [5.41, 5.74) is 1.70. The van der Waals surface area contributed by atoms with E-state index >= 15 is 0 Å². The van der Waals surface area contributed by atoms with E-state index in [1.807, 2.05) is 72.3 Å². The highest BCUT2D eigenvalue weighted by atomic mass is 35.5. The number of anilines is 2. The average Bonchev–Trinajstić information content (AvgIpc) is 3.07. The first-order valence-electron chi connectivity index (χ1n) is 9.36. The van der Waals surface area contributed by atoms with Crippen LogP contribution < -0.4 is 10.6 Å². The molecule has 0 spiro atoms. The topological polar surface area (TPSA) is 71.8 Å². The van der Waals surface area contributed by atoms with E-state index in [4.69, 9.17) is 11.6 Å². The molecule has 0 unspecified atom stereocenters. The van der Waals surface area contributed by atoms with Gasteiger partial charge in [-0.05, 0) is 41.4 Å². The van der Waals surface area contributed by atoms with Gasteiger partial charge in [0.05, 0.1) is 12.2 Å². The summed E-state index contributed by atoms with van der Waals surface area (Å²) < 4.78 is 1.94. The molecule has 4 rings (SSSR count). The Morgan fingerprint density at radius 3 is 2.73 bits per heavy atom. The minimum atomic E-state index is -0.113. The quantitative estimate of drug-likeness (QED) is 0.425. The fraction of sp³-hybridized carbons (Fsp3) is 0.136. The highest BCUT2D eigenvalue weighted by Gasteiger charge is 2.15. The van der Waals surface area contributed by atoms with Crippen molar-refractivity contribution in [1.82, 2.24) is 14.8 Å². The number of amides is 1. The van der Waals surface area contributed by atoms with Crippen LogP contribution >= 0.6 is 23.4 Å². The summed E-state index contributed by atoms with van der Waals surface area (Å²) in [6.45, 7) is 2.03. The van der Waals surface area contributed by atoms with Gasteiger partial charge in [0, 0.05) is 35.0 Å². The van der Waals surface area contributed by atoms with Gasteiger partial charge in [0.25, 0.3) is 0 Å². The molecule has 0 saturated heterocycles. The summed E-state index contributed by atoms with van der Waals surface area (Å²) in [5.74, 6) is 0.678. The van der Waals surface area contributed by atoms with Gasteiger partial charge >= 0.3 is 0 Å². The summed E-state index contributed by atoms with van der Waals surface area (Å²) >= 11 is 7.51. The van der Waals surface area contributed by atoms with E-state index in [9.17, 15) is 4.79 Å². The van der Waals surface area contributed by atoms with Crippen LogP contribution in [-0.2, 0) is 18.4 Å². The van der Waals surface area contributed by atoms with Crippen molar-refractivity contribution in [3.63, 3.8) is 0 Å². The fourth-order valence-electron chi connectivity index (χ4n) is 3.11. The van der Waals surface area contributed by atoms with Crippen molar-refractivity contribution in [1.29, 1.82) is 0 Å². The van der Waals surface area contributed by atoms with Crippen molar-refractivity contribution in [3.05, 3.63) is 71.5 Å². The predicted octanol–water partition coefficient (Wildman–Crippen LogP) is 5.34. The maximum atomic E-state index is 11.8. The number of benzene rings is 3. The van der Waals surface area contributed by atoms with Crippen LogP contribution in [0.2, 0.25) is 5.02 Å². The van der Waals surface area contributed by atoms with Crippen molar-refractivity contribution >= 4 is 51.4 Å². The molecule has 0 aliphatic heterocycles. The van der Waals surface area contributed by atoms with Crippen LogP contribution in [0.25, 0.3) is 10.8 Å². The van der Waals surface area contributed by atoms with E-state index in [2.05, 4.69) is 20.8 Å². The maximum absolute atomic E-state index is 11.8. The molecule has 0 atom stereocenters. The minimum absolute atomic E-state index is 0.113. The molecule has 1 amide bonds. The Labute approximate surface area is 183 Å². The molecule has 3 aromatic carbocycles. The highest BCUT2D eigenvalue weighted by molar-refractivity contribution is 7.99. The van der Waals surface area contributed by atoms with Gasteiger partial charge in [-0.3, -0.25) is 4.79 Å². The molecule has 30 heavy (non-hydrogen) atoms. The third kappa shape index (κ3) is 4.42. The largest absolute Gasteiger partial charge is 0.378 e. The van der Waals surface area contributed by atoms with E-state index in [1.54, 1.807) is 0 Å². The molecule has 0 aliphatic carbocycles. The normalized spacial score (nSPS) is 10.9. The van der Waals surface area contributed by atoms with Crippen molar-refractivity contribution in [2.75, 3.05) is 10.6 Å². The molecular weight excluding hydrogens is 418 g/mol. The van der Waals surface area contributed by atoms with Crippen molar-refractivity contribution < 1.29 is 4.79 Å². The number of nitrogens with one attached hydrogen (secondary N) is 2. The Bertz CT molecular complexity index is 1220. The van der Waals surface area contributed by atoms with Gasteiger partial charge in [-0.15, -0.1) is 10.2 Å². The molecule has 152 valence electrons. The fourth-order valence-corrected chi connectivity index (χ4v) is 4.22. The van der Waals surface area contributed by atoms with E-state index in [0.29, 0.717) is 11.6 Å². The Hall–Kier alpha value is -3.03. The molecule has 2 N–H and O–H groups in total. The summed E-state index contributed by atoms with van der Waals surface area (Å²) in [7, 11) is 1.93. The van der Waals surface area contributed by atoms with Gasteiger partial charge in [0.1, 0.15) is 0 Å². The highest BCUT2D eigenvalue weighted by Crippen LogP contribution is 2.37. The SMILES string of the molecule is CC(=O)Nc1c(Sc2nnc(CNc3cccc(Cl)c3)n2C)ccc2ccccc12. The van der Waals surface area contributed by atoms with Gasteiger partial charge in [-0.1, -0.05) is 48.0 Å². The van der Waals surface area contributed by atoms with E-state index < -0.39 is 0 Å². The van der Waals surface area contributed by atoms with Crippen LogP contribution in [0.5, 0.6) is 0 Å². The van der Waals surface area contributed by atoms with Crippen LogP contribution in [0, 0.1) is 0 Å². The summed E-state index contributed by atoms with van der Waals surface area (Å²) in [4.78, 5) is 12.7. The summed E-state index contributed by atoms with van der Waals surface area (Å²) in [5, 5.41) is 18.4. The zero-order valence-electron chi connectivity index (χ0n) is 16.5. The molecule has 8 heteroatoms. The van der Waals surface area contributed by atoms with Crippen LogP contribution in [0.15, 0.2) is 70.7 Å². The Morgan fingerprint density at radius 2 is 1.93 bits per heavy atom. The number of fused-ring (bicyclic) bond motifs is 1. The molecule has 6 nitrogen and oxygen atoms in total. The molecule has 0 aliphatic rings. The van der Waals surface area contributed by atoms with Crippen LogP contribution in [0.4, 0.5) is 11.4 Å². The van der Waals surface area contributed by atoms with Gasteiger partial charge in [0.15, 0.2) is 11.0 Å². The van der Waals surface area contributed by atoms with Crippen molar-refractivity contribution in [2.24, 2.45) is 7.05 Å². The van der Waals surface area contributed by atoms with E-state index in [-0.39, 0.29) is 5.91 Å². The second-order valence-electron chi connectivity index (χ2n) is 6.76. The Balaban J connectivity index is 1.59. The second-order valence-corrected chi connectivity index (χ2v) is 8.21. The van der Waals surface area contributed by atoms with Crippen molar-refractivity contribution in [3.8, 4) is 0 Å². The lowest BCUT2D eigenvalue weighted by Gasteiger charge is -2.13. The monoisotopic (exact) mass is 437 g/mol. The lowest BCUT2D eigenvalue weighted by atomic mass is 10.1. The maximum Gasteiger partial charge on any atom is 0.221 e. The summed E-state index contributed by atoms with van der Waals surface area (Å²) in [6, 6.07) is 19.6. The number of hydrogen-bond acceptors (Lipinski definition) is 5. The van der Waals surface area contributed by atoms with Gasteiger partial charge in [-0.25, -0.2) is 0 Å². The second kappa shape index (κ2) is 8.77. The van der Waals surface area contributed by atoms with Gasteiger partial charge in [0.2, 0.25) is 5.91 Å². The van der Waals surface area contributed by atoms with Gasteiger partial charge < -0.3 is 15.2 Å². The molecule has 4 aromatic rings. The van der Waals surface area contributed by atoms with Gasteiger partial charge in [-0.2, -0.15) is 0 Å². The molecule has 0 saturated carbocycles. The lowest BCUT2D eigenvalue weighted by molar-refractivity contribution is -0.114. The number of rotatable bonds is 6. The van der Waals surface area contributed by atoms with E-state index in [0.717, 1.165) is 38.0 Å². The molecule has 0 fully saturated rings. The van der Waals surface area contributed by atoms with Crippen LogP contribution in [0.3, 0.4) is 0 Å². The molecular formula is C22H20ClN5OS. The third-order valence-electron chi connectivity index (χ3n) is 4.59. The Morgan fingerprint density at radius 1 is 1.10 bits per heavy atom. The lowest BCUT2D eigenvalue weighted by Crippen LogP contribution is -2.08. The Kier molecular flexibility index (Phi) is 5.92. The smallest absolute Gasteiger partial charge is 0.221 e. The molecule has 0 radical (unpaired) electrons. The number of hydrogen-bond donors (Lipinski definition) is 2. The van der Waals surface area contributed by atoms with Crippen molar-refractivity contribution in [2.45, 2.75) is 23.5 Å². The first kappa shape index (κ1) is 20.3. The molecule has 1 heterocycles. The number of halogens is 1. The van der Waals surface area contributed by atoms with Crippen LogP contribution in [0.1, 0.15) is 12.7 Å². The minimum Gasteiger partial charge on any atom is -0.378 e. The standard InChI is InChI=1S/C22H20ClN5OS/c1-14(29)25-21-18-9-4-3-6-15(18)10-11-19(21)30-22-27-26-20(28(22)2)13-24-17-8-5-7-16(23)12-17/h3-12,24H,13H2,1-2H3,(H,25,29). The predicted molar refractivity (Wildman–Crippen MR) is 122 cm³/mol. The number of carbonyl (C=O) groups excluding carboxylic acids is 1. The molecule has 1 aromatic heterocycles. The number of aromatic nitrogens is 3. The third-order valence-corrected chi connectivity index (χ3v) is 5.93. The van der Waals surface area contributed by atoms with Crippen LogP contribution in [-0.4, -0.2) is 20.7 Å². The average molecular weight is 438 g/mol. The number of nitrogens with zero attached hydrogens (tertiary/aromatic N) is 3. The first-order valence-corrected chi connectivity index (χ1v) is 10.6. The summed E-state index contributed by atoms with van der Waals surface area (Å²) in [6.07, 6.45) is 0. The van der Waals surface area contributed by atoms with E-state index in [1.165, 1.54) is 18.7 Å². The zero-order chi connectivity index (χ0) is 21.1. The first-order chi connectivity index (χ1) is 14.5. The molecule has 0 bridgehead atoms. The number of carbonyl (C=O) groups is 1.